The highest BCUT2D eigenvalue weighted by molar-refractivity contribution is 7.47. The summed E-state index contributed by atoms with van der Waals surface area (Å²) in [5.74, 6) is -1.32. The molecule has 3 fully saturated rings. The fourth-order valence-corrected chi connectivity index (χ4v) is 11.7. The second-order valence-electron chi connectivity index (χ2n) is 23.0. The van der Waals surface area contributed by atoms with E-state index in [4.69, 9.17) is 37.5 Å². The van der Waals surface area contributed by atoms with Crippen molar-refractivity contribution in [1.82, 2.24) is 0 Å². The van der Waals surface area contributed by atoms with Crippen LogP contribution in [0.4, 0.5) is 0 Å². The molecule has 3 aliphatic rings. The van der Waals surface area contributed by atoms with Gasteiger partial charge in [0.1, 0.15) is 92.1 Å². The number of unbranched alkanes of at least 4 members (excludes halogenated alkanes) is 29. The molecule has 16 atom stereocenters. The predicted octanol–water partition coefficient (Wildman–Crippen LogP) is 5.32. The lowest BCUT2D eigenvalue weighted by Crippen LogP contribution is -2.69. The second-order valence-corrected chi connectivity index (χ2v) is 24.4. The smallest absolute Gasteiger partial charge is 0.462 e. The summed E-state index contributed by atoms with van der Waals surface area (Å²) < 4.78 is 58.2. The van der Waals surface area contributed by atoms with E-state index in [1.165, 1.54) is 128 Å². The van der Waals surface area contributed by atoms with Gasteiger partial charge in [-0.25, -0.2) is 4.57 Å². The number of phosphoric acid groups is 1. The van der Waals surface area contributed by atoms with Gasteiger partial charge in [-0.3, -0.25) is 18.6 Å². The molecule has 16 unspecified atom stereocenters. The third kappa shape index (κ3) is 28.1. The minimum atomic E-state index is -5.63. The van der Waals surface area contributed by atoms with E-state index in [9.17, 15) is 75.2 Å². The first kappa shape index (κ1) is 74.7. The number of hydrogen-bond donors (Lipinski definition) is 12. The van der Waals surface area contributed by atoms with Crippen molar-refractivity contribution in [2.75, 3.05) is 26.4 Å². The maximum Gasteiger partial charge on any atom is 0.472 e. The quantitative estimate of drug-likeness (QED) is 0.0208. The molecule has 0 spiro atoms. The topological polar surface area (TPSA) is 368 Å². The molecule has 0 amide bonds. The zero-order chi connectivity index (χ0) is 60.3. The third-order valence-corrected chi connectivity index (χ3v) is 16.9. The zero-order valence-electron chi connectivity index (χ0n) is 49.3. The van der Waals surface area contributed by atoms with Crippen molar-refractivity contribution in [2.24, 2.45) is 0 Å². The molecule has 23 nitrogen and oxygen atoms in total. The van der Waals surface area contributed by atoms with Crippen molar-refractivity contribution in [3.05, 3.63) is 0 Å². The number of ether oxygens (including phenoxy) is 6. The first-order chi connectivity index (χ1) is 39.4. The molecule has 1 aliphatic carbocycles. The molecule has 12 N–H and O–H groups in total. The van der Waals surface area contributed by atoms with E-state index in [0.717, 1.165) is 57.8 Å². The number of aliphatic hydroxyl groups excluding tert-OH is 11. The maximum absolute atomic E-state index is 14.1. The van der Waals surface area contributed by atoms with Crippen molar-refractivity contribution in [1.29, 1.82) is 0 Å². The van der Waals surface area contributed by atoms with Crippen LogP contribution in [-0.4, -0.2) is 204 Å². The zero-order valence-corrected chi connectivity index (χ0v) is 50.2. The molecule has 1 saturated carbocycles. The molecule has 2 aliphatic heterocycles. The molecule has 2 saturated heterocycles. The molecule has 0 aromatic rings. The van der Waals surface area contributed by atoms with Gasteiger partial charge in [0.25, 0.3) is 0 Å². The molecule has 0 radical (unpaired) electrons. The number of esters is 2. The highest BCUT2D eigenvalue weighted by Gasteiger charge is 2.58. The van der Waals surface area contributed by atoms with E-state index in [2.05, 4.69) is 13.8 Å². The van der Waals surface area contributed by atoms with Crippen LogP contribution in [0.25, 0.3) is 0 Å². The largest absolute Gasteiger partial charge is 0.472 e. The molecule has 24 heteroatoms. The van der Waals surface area contributed by atoms with Crippen molar-refractivity contribution >= 4 is 19.8 Å². The second kappa shape index (κ2) is 43.2. The molecule has 484 valence electrons. The number of carbonyl (C=O) groups is 2. The standard InChI is InChI=1S/C58H109O23P/c1-3-5-7-9-11-13-15-17-19-21-22-24-26-28-30-32-34-43(61)74-38-40(76-44(62)35-33-31-29-27-25-23-20-18-16-14-12-10-8-6-4-2)39-75-82(72,73)81-56-54(79-57-52(70)47(65)45(63)41(36-59)77-57)50(68)49(67)51(69)55(56)80-58-53(71)48(66)46(64)42(37-60)78-58/h40-42,45-60,63-71H,3-39H2,1-2H3,(H,72,73). The lowest BCUT2D eigenvalue weighted by atomic mass is 9.84. The van der Waals surface area contributed by atoms with Crippen LogP contribution in [0.3, 0.4) is 0 Å². The van der Waals surface area contributed by atoms with E-state index >= 15 is 0 Å². The Morgan fingerprint density at radius 2 is 0.732 bits per heavy atom. The predicted molar refractivity (Wildman–Crippen MR) is 300 cm³/mol. The molecule has 2 heterocycles. The van der Waals surface area contributed by atoms with E-state index in [1.54, 1.807) is 0 Å². The van der Waals surface area contributed by atoms with E-state index < -0.39 is 150 Å². The Bertz CT molecular complexity index is 1630. The minimum absolute atomic E-state index is 0.0245. The number of hydrogen-bond acceptors (Lipinski definition) is 22. The Balaban J connectivity index is 1.66. The van der Waals surface area contributed by atoms with E-state index in [0.29, 0.717) is 12.8 Å². The third-order valence-electron chi connectivity index (χ3n) is 15.9. The fourth-order valence-electron chi connectivity index (χ4n) is 10.7. The Morgan fingerprint density at radius 1 is 0.415 bits per heavy atom. The van der Waals surface area contributed by atoms with Crippen LogP contribution in [-0.2, 0) is 51.6 Å². The average molecular weight is 1210 g/mol. The van der Waals surface area contributed by atoms with Gasteiger partial charge in [0.15, 0.2) is 18.7 Å². The summed E-state index contributed by atoms with van der Waals surface area (Å²) in [5, 5.41) is 117. The first-order valence-electron chi connectivity index (χ1n) is 31.4. The van der Waals surface area contributed by atoms with E-state index in [-0.39, 0.29) is 12.8 Å². The van der Waals surface area contributed by atoms with Gasteiger partial charge in [0.05, 0.1) is 19.8 Å². The fraction of sp³-hybridized carbons (Fsp3) is 0.966. The van der Waals surface area contributed by atoms with Gasteiger partial charge >= 0.3 is 19.8 Å². The Labute approximate surface area is 487 Å². The highest BCUT2D eigenvalue weighted by Crippen LogP contribution is 2.49. The van der Waals surface area contributed by atoms with Gasteiger partial charge in [0.2, 0.25) is 0 Å². The summed E-state index contributed by atoms with van der Waals surface area (Å²) in [6, 6.07) is 0. The Morgan fingerprint density at radius 3 is 1.07 bits per heavy atom. The molecular weight excluding hydrogens is 1100 g/mol. The summed E-state index contributed by atoms with van der Waals surface area (Å²) in [6.07, 6.45) is 0.657. The van der Waals surface area contributed by atoms with Crippen molar-refractivity contribution in [3.63, 3.8) is 0 Å². The van der Waals surface area contributed by atoms with Crippen molar-refractivity contribution in [2.45, 2.75) is 330 Å². The van der Waals surface area contributed by atoms with E-state index in [1.807, 2.05) is 0 Å². The number of carbonyl (C=O) groups excluding carboxylic acids is 2. The van der Waals surface area contributed by atoms with Crippen LogP contribution in [0.15, 0.2) is 0 Å². The average Bonchev–Trinajstić information content (AvgIpc) is 3.64. The molecule has 0 aromatic heterocycles. The highest BCUT2D eigenvalue weighted by atomic mass is 31.2. The summed E-state index contributed by atoms with van der Waals surface area (Å²) >= 11 is 0. The summed E-state index contributed by atoms with van der Waals surface area (Å²) in [5.41, 5.74) is 0. The van der Waals surface area contributed by atoms with Crippen molar-refractivity contribution < 1.29 is 113 Å². The maximum atomic E-state index is 14.1. The Hall–Kier alpha value is -1.55. The van der Waals surface area contributed by atoms with Gasteiger partial charge in [0, 0.05) is 12.8 Å². The van der Waals surface area contributed by atoms with Crippen LogP contribution in [0, 0.1) is 0 Å². The Kier molecular flexibility index (Phi) is 39.3. The van der Waals surface area contributed by atoms with Gasteiger partial charge in [-0.2, -0.15) is 0 Å². The molecule has 0 aromatic carbocycles. The van der Waals surface area contributed by atoms with Gasteiger partial charge in [-0.05, 0) is 12.8 Å². The summed E-state index contributed by atoms with van der Waals surface area (Å²) in [4.78, 5) is 37.6. The summed E-state index contributed by atoms with van der Waals surface area (Å²) in [7, 11) is -5.63. The van der Waals surface area contributed by atoms with Crippen LogP contribution in [0.1, 0.15) is 226 Å². The van der Waals surface area contributed by atoms with Gasteiger partial charge in [-0.15, -0.1) is 0 Å². The summed E-state index contributed by atoms with van der Waals surface area (Å²) in [6.45, 7) is 1.05. The normalized spacial score (nSPS) is 30.7. The SMILES string of the molecule is CCCCCCCCCCCCCCCCCCC(=O)OCC(COP(=O)(O)OC1C(OC2OC(CO)C(O)C(O)C2O)C(O)C(O)C(O)C1OC1OC(CO)C(O)C(O)C1O)OC(=O)CCCCCCCCCCCCCCCCC. The van der Waals surface area contributed by atoms with Crippen LogP contribution >= 0.6 is 7.82 Å². The molecule has 3 rings (SSSR count). The number of aliphatic hydroxyl groups is 11. The molecule has 0 bridgehead atoms. The first-order valence-corrected chi connectivity index (χ1v) is 32.9. The van der Waals surface area contributed by atoms with Gasteiger partial charge < -0.3 is 89.5 Å². The monoisotopic (exact) mass is 1200 g/mol. The van der Waals surface area contributed by atoms with Crippen LogP contribution < -0.4 is 0 Å². The number of phosphoric ester groups is 1. The lowest BCUT2D eigenvalue weighted by molar-refractivity contribution is -0.360. The van der Waals surface area contributed by atoms with Crippen molar-refractivity contribution in [3.8, 4) is 0 Å². The van der Waals surface area contributed by atoms with Gasteiger partial charge in [-0.1, -0.05) is 200 Å². The lowest BCUT2D eigenvalue weighted by Gasteiger charge is -2.49. The molecule has 82 heavy (non-hydrogen) atoms. The minimum Gasteiger partial charge on any atom is -0.462 e. The van der Waals surface area contributed by atoms with Crippen LogP contribution in [0.2, 0.25) is 0 Å². The van der Waals surface area contributed by atoms with Crippen LogP contribution in [0.5, 0.6) is 0 Å². The molecular formula is C58H109O23P. The number of rotatable bonds is 47.